The summed E-state index contributed by atoms with van der Waals surface area (Å²) in [5.41, 5.74) is 8.06. The van der Waals surface area contributed by atoms with Crippen molar-refractivity contribution < 1.29 is 4.79 Å². The van der Waals surface area contributed by atoms with E-state index in [4.69, 9.17) is 4.98 Å². The van der Waals surface area contributed by atoms with Gasteiger partial charge >= 0.3 is 0 Å². The van der Waals surface area contributed by atoms with Gasteiger partial charge in [0.05, 0.1) is 17.0 Å². The molecule has 0 aliphatic carbocycles. The molecular formula is C28H28N4O. The lowest BCUT2D eigenvalue weighted by Gasteiger charge is -2.10. The third-order valence-electron chi connectivity index (χ3n) is 6.24. The van der Waals surface area contributed by atoms with Gasteiger partial charge in [-0.2, -0.15) is 0 Å². The number of rotatable bonds is 7. The quantitative estimate of drug-likeness (QED) is 0.358. The Bertz CT molecular complexity index is 1260. The summed E-state index contributed by atoms with van der Waals surface area (Å²) in [6, 6.07) is 21.0. The molecule has 1 aliphatic heterocycles. The molecule has 0 spiro atoms. The second kappa shape index (κ2) is 9.41. The zero-order valence-corrected chi connectivity index (χ0v) is 18.9. The largest absolute Gasteiger partial charge is 0.356 e. The fourth-order valence-electron chi connectivity index (χ4n) is 4.33. The van der Waals surface area contributed by atoms with Crippen LogP contribution in [0.2, 0.25) is 0 Å². The smallest absolute Gasteiger partial charge is 0.253 e. The fraction of sp³-hybridized carbons (Fsp3) is 0.250. The van der Waals surface area contributed by atoms with Crippen molar-refractivity contribution in [2.45, 2.75) is 39.0 Å². The lowest BCUT2D eigenvalue weighted by molar-refractivity contribution is 0.0946. The van der Waals surface area contributed by atoms with E-state index in [2.05, 4.69) is 70.7 Å². The Morgan fingerprint density at radius 3 is 2.36 bits per heavy atom. The molecule has 0 unspecified atom stereocenters. The molecule has 33 heavy (non-hydrogen) atoms. The highest BCUT2D eigenvalue weighted by molar-refractivity contribution is 5.97. The number of unbranched alkanes of at least 4 members (excludes halogenated alkanes) is 2. The van der Waals surface area contributed by atoms with Crippen LogP contribution in [-0.4, -0.2) is 27.4 Å². The Balaban J connectivity index is 1.34. The second-order valence-electron chi connectivity index (χ2n) is 8.58. The number of benzene rings is 2. The topological polar surface area (TPSA) is 70.7 Å². The van der Waals surface area contributed by atoms with Crippen molar-refractivity contribution in [3.8, 4) is 33.9 Å². The number of carbonyl (C=O) groups excluding carboxylic acids is 1. The molecule has 0 bridgehead atoms. The summed E-state index contributed by atoms with van der Waals surface area (Å²) in [6.07, 6.45) is 7.51. The van der Waals surface area contributed by atoms with Crippen molar-refractivity contribution in [3.05, 3.63) is 83.7 Å². The van der Waals surface area contributed by atoms with Crippen LogP contribution >= 0.6 is 0 Å². The van der Waals surface area contributed by atoms with Crippen molar-refractivity contribution in [2.75, 3.05) is 6.54 Å². The Hall–Kier alpha value is -3.73. The van der Waals surface area contributed by atoms with Gasteiger partial charge in [0.2, 0.25) is 0 Å². The molecule has 0 saturated heterocycles. The fourth-order valence-corrected chi connectivity index (χ4v) is 4.33. The molecular weight excluding hydrogens is 408 g/mol. The van der Waals surface area contributed by atoms with Gasteiger partial charge in [-0.25, -0.2) is 9.97 Å². The first-order valence-corrected chi connectivity index (χ1v) is 11.7. The van der Waals surface area contributed by atoms with Gasteiger partial charge < -0.3 is 10.3 Å². The van der Waals surface area contributed by atoms with Crippen LogP contribution in [0.25, 0.3) is 33.9 Å². The SMILES string of the molecule is CCCCCc1ccc(-c2ccc(-c3nccc(-c4cc5c([nH]4)CCNC5=O)n3)cc2)cc1. The number of amides is 1. The molecule has 0 saturated carbocycles. The molecule has 3 heterocycles. The van der Waals surface area contributed by atoms with Crippen molar-refractivity contribution in [2.24, 2.45) is 0 Å². The molecule has 0 radical (unpaired) electrons. The number of aromatic nitrogens is 3. The molecule has 1 amide bonds. The number of aromatic amines is 1. The van der Waals surface area contributed by atoms with Crippen LogP contribution in [-0.2, 0) is 12.8 Å². The number of aryl methyl sites for hydroxylation is 1. The molecule has 0 atom stereocenters. The van der Waals surface area contributed by atoms with E-state index in [1.54, 1.807) is 6.20 Å². The number of hydrogen-bond acceptors (Lipinski definition) is 3. The van der Waals surface area contributed by atoms with Gasteiger partial charge in [0.1, 0.15) is 0 Å². The summed E-state index contributed by atoms with van der Waals surface area (Å²) < 4.78 is 0. The first kappa shape index (κ1) is 21.1. The zero-order valence-electron chi connectivity index (χ0n) is 18.9. The van der Waals surface area contributed by atoms with E-state index in [0.717, 1.165) is 35.5 Å². The molecule has 5 heteroatoms. The Kier molecular flexibility index (Phi) is 6.03. The summed E-state index contributed by atoms with van der Waals surface area (Å²) in [7, 11) is 0. The molecule has 5 nitrogen and oxygen atoms in total. The first-order valence-electron chi connectivity index (χ1n) is 11.7. The van der Waals surface area contributed by atoms with E-state index in [-0.39, 0.29) is 5.91 Å². The summed E-state index contributed by atoms with van der Waals surface area (Å²) in [4.78, 5) is 24.7. The van der Waals surface area contributed by atoms with E-state index < -0.39 is 0 Å². The summed E-state index contributed by atoms with van der Waals surface area (Å²) >= 11 is 0. The molecule has 2 aromatic heterocycles. The highest BCUT2D eigenvalue weighted by Gasteiger charge is 2.20. The molecule has 1 aliphatic rings. The number of H-pyrrole nitrogens is 1. The maximum atomic E-state index is 12.1. The third kappa shape index (κ3) is 4.58. The van der Waals surface area contributed by atoms with Crippen molar-refractivity contribution in [3.63, 3.8) is 0 Å². The number of carbonyl (C=O) groups is 1. The maximum Gasteiger partial charge on any atom is 0.253 e. The lowest BCUT2D eigenvalue weighted by atomic mass is 10.0. The number of nitrogens with one attached hydrogen (secondary N) is 2. The van der Waals surface area contributed by atoms with Gasteiger partial charge in [0.25, 0.3) is 5.91 Å². The highest BCUT2D eigenvalue weighted by atomic mass is 16.1. The maximum absolute atomic E-state index is 12.1. The Labute approximate surface area is 194 Å². The van der Waals surface area contributed by atoms with Gasteiger partial charge in [-0.3, -0.25) is 4.79 Å². The number of fused-ring (bicyclic) bond motifs is 1. The molecule has 166 valence electrons. The number of nitrogens with zero attached hydrogens (tertiary/aromatic N) is 2. The average Bonchev–Trinajstić information content (AvgIpc) is 3.31. The van der Waals surface area contributed by atoms with Gasteiger partial charge in [-0.1, -0.05) is 68.3 Å². The van der Waals surface area contributed by atoms with E-state index in [9.17, 15) is 4.79 Å². The Morgan fingerprint density at radius 2 is 1.64 bits per heavy atom. The predicted molar refractivity (Wildman–Crippen MR) is 132 cm³/mol. The lowest BCUT2D eigenvalue weighted by Crippen LogP contribution is -2.31. The molecule has 5 rings (SSSR count). The van der Waals surface area contributed by atoms with Gasteiger partial charge in [-0.15, -0.1) is 0 Å². The summed E-state index contributed by atoms with van der Waals surface area (Å²) in [6.45, 7) is 2.90. The van der Waals surface area contributed by atoms with Crippen molar-refractivity contribution in [1.29, 1.82) is 0 Å². The van der Waals surface area contributed by atoms with Gasteiger partial charge in [0.15, 0.2) is 5.82 Å². The van der Waals surface area contributed by atoms with Crippen LogP contribution in [0.5, 0.6) is 0 Å². The van der Waals surface area contributed by atoms with Crippen molar-refractivity contribution in [1.82, 2.24) is 20.3 Å². The summed E-state index contributed by atoms with van der Waals surface area (Å²) in [5, 5.41) is 2.88. The van der Waals surface area contributed by atoms with Crippen LogP contribution < -0.4 is 5.32 Å². The second-order valence-corrected chi connectivity index (χ2v) is 8.58. The van der Waals surface area contributed by atoms with Gasteiger partial charge in [0, 0.05) is 30.4 Å². The normalized spacial score (nSPS) is 12.9. The minimum absolute atomic E-state index is 0.0300. The molecule has 4 aromatic rings. The predicted octanol–water partition coefficient (Wildman–Crippen LogP) is 5.82. The minimum Gasteiger partial charge on any atom is -0.356 e. The number of hydrogen-bond donors (Lipinski definition) is 2. The third-order valence-corrected chi connectivity index (χ3v) is 6.24. The van der Waals surface area contributed by atoms with Gasteiger partial charge in [-0.05, 0) is 41.7 Å². The van der Waals surface area contributed by atoms with E-state index in [1.807, 2.05) is 12.1 Å². The van der Waals surface area contributed by atoms with Crippen molar-refractivity contribution >= 4 is 5.91 Å². The van der Waals surface area contributed by atoms with Crippen LogP contribution in [0.4, 0.5) is 0 Å². The monoisotopic (exact) mass is 436 g/mol. The van der Waals surface area contributed by atoms with Crippen LogP contribution in [0, 0.1) is 0 Å². The van der Waals surface area contributed by atoms with Crippen LogP contribution in [0.15, 0.2) is 66.9 Å². The van der Waals surface area contributed by atoms with Crippen LogP contribution in [0.1, 0.15) is 47.8 Å². The molecule has 2 N–H and O–H groups in total. The summed E-state index contributed by atoms with van der Waals surface area (Å²) in [5.74, 6) is 0.639. The van der Waals surface area contributed by atoms with Crippen LogP contribution in [0.3, 0.4) is 0 Å². The Morgan fingerprint density at radius 1 is 0.909 bits per heavy atom. The van der Waals surface area contributed by atoms with E-state index >= 15 is 0 Å². The average molecular weight is 437 g/mol. The zero-order chi connectivity index (χ0) is 22.6. The highest BCUT2D eigenvalue weighted by Crippen LogP contribution is 2.27. The van der Waals surface area contributed by atoms with E-state index in [0.29, 0.717) is 17.9 Å². The van der Waals surface area contributed by atoms with E-state index in [1.165, 1.54) is 36.0 Å². The molecule has 2 aromatic carbocycles. The molecule has 0 fully saturated rings. The first-order chi connectivity index (χ1) is 16.2. The minimum atomic E-state index is -0.0300. The standard InChI is InChI=1S/C28H28N4O/c1-2-3-4-5-19-6-8-20(9-7-19)21-10-12-22(13-11-21)27-29-16-15-25(32-27)26-18-23-24(31-26)14-17-30-28(23)33/h6-13,15-16,18,31H,2-5,14,17H2,1H3,(H,30,33).